The quantitative estimate of drug-likeness (QED) is 0.645. The predicted molar refractivity (Wildman–Crippen MR) is 54.3 cm³/mol. The maximum absolute atomic E-state index is 11.4. The van der Waals surface area contributed by atoms with Crippen LogP contribution in [0.5, 0.6) is 0 Å². The number of amides is 1. The van der Waals surface area contributed by atoms with Crippen molar-refractivity contribution in [2.75, 3.05) is 14.1 Å². The van der Waals surface area contributed by atoms with E-state index in [1.54, 1.807) is 21.0 Å². The van der Waals surface area contributed by atoms with Gasteiger partial charge in [-0.2, -0.15) is 0 Å². The molecule has 1 amide bonds. The zero-order chi connectivity index (χ0) is 11.6. The van der Waals surface area contributed by atoms with E-state index < -0.39 is 18.3 Å². The van der Waals surface area contributed by atoms with Crippen molar-refractivity contribution in [3.8, 4) is 0 Å². The molecule has 88 valence electrons. The maximum Gasteiger partial charge on any atom is 0.224 e. The van der Waals surface area contributed by atoms with Crippen LogP contribution in [0.15, 0.2) is 0 Å². The van der Waals surface area contributed by atoms with Crippen LogP contribution in [-0.4, -0.2) is 59.5 Å². The van der Waals surface area contributed by atoms with Crippen molar-refractivity contribution in [1.82, 2.24) is 4.90 Å². The van der Waals surface area contributed by atoms with E-state index in [1.807, 2.05) is 0 Å². The number of nitrogens with zero attached hydrogens (tertiary/aromatic N) is 1. The van der Waals surface area contributed by atoms with E-state index in [0.29, 0.717) is 0 Å². The standard InChI is InChI=1S/C10H19NO4/c1-6-7(12)4-8(13)9(15-6)5-10(14)11(2)3/h6-9,12-13H,4-5H2,1-3H3/t6-,7?,8+,9?/m0/s1. The smallest absolute Gasteiger partial charge is 0.224 e. The van der Waals surface area contributed by atoms with Gasteiger partial charge >= 0.3 is 0 Å². The summed E-state index contributed by atoms with van der Waals surface area (Å²) in [7, 11) is 3.33. The van der Waals surface area contributed by atoms with Gasteiger partial charge in [-0.3, -0.25) is 4.79 Å². The molecule has 0 saturated carbocycles. The summed E-state index contributed by atoms with van der Waals surface area (Å²) in [6, 6.07) is 0. The summed E-state index contributed by atoms with van der Waals surface area (Å²) < 4.78 is 5.38. The van der Waals surface area contributed by atoms with Crippen molar-refractivity contribution < 1.29 is 19.7 Å². The van der Waals surface area contributed by atoms with Crippen LogP contribution >= 0.6 is 0 Å². The number of ether oxygens (including phenoxy) is 1. The number of hydrogen-bond donors (Lipinski definition) is 2. The van der Waals surface area contributed by atoms with Gasteiger partial charge in [0.2, 0.25) is 5.91 Å². The zero-order valence-corrected chi connectivity index (χ0v) is 9.38. The minimum Gasteiger partial charge on any atom is -0.390 e. The lowest BCUT2D eigenvalue weighted by atomic mass is 9.97. The molecule has 2 N–H and O–H groups in total. The molecule has 0 aromatic rings. The molecule has 4 atom stereocenters. The minimum atomic E-state index is -0.764. The van der Waals surface area contributed by atoms with Gasteiger partial charge in [0, 0.05) is 20.5 Å². The highest BCUT2D eigenvalue weighted by Gasteiger charge is 2.35. The van der Waals surface area contributed by atoms with Crippen LogP contribution in [0.2, 0.25) is 0 Å². The SMILES string of the molecule is C[C@@H]1OC(CC(=O)N(C)C)[C@H](O)CC1O. The molecule has 15 heavy (non-hydrogen) atoms. The second kappa shape index (κ2) is 4.92. The van der Waals surface area contributed by atoms with E-state index in [4.69, 9.17) is 4.74 Å². The Kier molecular flexibility index (Phi) is 4.07. The molecule has 0 aliphatic carbocycles. The monoisotopic (exact) mass is 217 g/mol. The third-order valence-electron chi connectivity index (χ3n) is 2.72. The predicted octanol–water partition coefficient (Wildman–Crippen LogP) is -0.636. The van der Waals surface area contributed by atoms with Gasteiger partial charge in [0.1, 0.15) is 0 Å². The largest absolute Gasteiger partial charge is 0.390 e. The topological polar surface area (TPSA) is 70.0 Å². The van der Waals surface area contributed by atoms with Crippen LogP contribution in [0.4, 0.5) is 0 Å². The molecular formula is C10H19NO4. The van der Waals surface area contributed by atoms with E-state index in [0.717, 1.165) is 0 Å². The fourth-order valence-corrected chi connectivity index (χ4v) is 1.59. The van der Waals surface area contributed by atoms with Crippen molar-refractivity contribution in [2.24, 2.45) is 0 Å². The molecular weight excluding hydrogens is 198 g/mol. The molecule has 1 saturated heterocycles. The first-order chi connectivity index (χ1) is 6.91. The molecule has 0 radical (unpaired) electrons. The van der Waals surface area contributed by atoms with E-state index in [2.05, 4.69) is 0 Å². The van der Waals surface area contributed by atoms with Crippen LogP contribution < -0.4 is 0 Å². The van der Waals surface area contributed by atoms with Crippen LogP contribution in [-0.2, 0) is 9.53 Å². The summed E-state index contributed by atoms with van der Waals surface area (Å²) in [6.07, 6.45) is -1.81. The highest BCUT2D eigenvalue weighted by atomic mass is 16.5. The Morgan fingerprint density at radius 1 is 1.40 bits per heavy atom. The van der Waals surface area contributed by atoms with Gasteiger partial charge in [0.05, 0.1) is 30.8 Å². The average molecular weight is 217 g/mol. The van der Waals surface area contributed by atoms with Crippen LogP contribution in [0.3, 0.4) is 0 Å². The highest BCUT2D eigenvalue weighted by molar-refractivity contribution is 5.76. The fourth-order valence-electron chi connectivity index (χ4n) is 1.59. The minimum absolute atomic E-state index is 0.0809. The maximum atomic E-state index is 11.4. The molecule has 0 spiro atoms. The van der Waals surface area contributed by atoms with Gasteiger partial charge in [-0.25, -0.2) is 0 Å². The Hall–Kier alpha value is -0.650. The first-order valence-corrected chi connectivity index (χ1v) is 5.13. The molecule has 5 nitrogen and oxygen atoms in total. The summed E-state index contributed by atoms with van der Waals surface area (Å²) in [4.78, 5) is 12.9. The van der Waals surface area contributed by atoms with Crippen LogP contribution in [0, 0.1) is 0 Å². The number of rotatable bonds is 2. The zero-order valence-electron chi connectivity index (χ0n) is 9.38. The fraction of sp³-hybridized carbons (Fsp3) is 0.900. The van der Waals surface area contributed by atoms with Gasteiger partial charge in [0.15, 0.2) is 0 Å². The Morgan fingerprint density at radius 3 is 2.53 bits per heavy atom. The van der Waals surface area contributed by atoms with Crippen molar-refractivity contribution in [1.29, 1.82) is 0 Å². The van der Waals surface area contributed by atoms with Crippen LogP contribution in [0.1, 0.15) is 19.8 Å². The lowest BCUT2D eigenvalue weighted by Crippen LogP contribution is -2.47. The third kappa shape index (κ3) is 3.15. The van der Waals surface area contributed by atoms with Gasteiger partial charge in [-0.1, -0.05) is 0 Å². The molecule has 0 aromatic heterocycles. The molecule has 1 aliphatic heterocycles. The normalized spacial score (nSPS) is 36.3. The lowest BCUT2D eigenvalue weighted by Gasteiger charge is -2.35. The molecule has 1 fully saturated rings. The molecule has 1 heterocycles. The molecule has 0 aromatic carbocycles. The van der Waals surface area contributed by atoms with Crippen LogP contribution in [0.25, 0.3) is 0 Å². The number of aliphatic hydroxyl groups is 2. The average Bonchev–Trinajstić information content (AvgIpc) is 2.13. The molecule has 1 aliphatic rings. The first kappa shape index (κ1) is 12.4. The third-order valence-corrected chi connectivity index (χ3v) is 2.72. The Labute approximate surface area is 89.6 Å². The summed E-state index contributed by atoms with van der Waals surface area (Å²) in [5.41, 5.74) is 0. The lowest BCUT2D eigenvalue weighted by molar-refractivity contribution is -0.170. The van der Waals surface area contributed by atoms with E-state index in [1.165, 1.54) is 4.90 Å². The Bertz CT molecular complexity index is 231. The van der Waals surface area contributed by atoms with Gasteiger partial charge < -0.3 is 19.8 Å². The summed E-state index contributed by atoms with van der Waals surface area (Å²) >= 11 is 0. The molecule has 1 rings (SSSR count). The van der Waals surface area contributed by atoms with E-state index in [-0.39, 0.29) is 24.9 Å². The van der Waals surface area contributed by atoms with Gasteiger partial charge in [0.25, 0.3) is 0 Å². The first-order valence-electron chi connectivity index (χ1n) is 5.13. The second-order valence-corrected chi connectivity index (χ2v) is 4.24. The molecule has 5 heteroatoms. The summed E-state index contributed by atoms with van der Waals surface area (Å²) in [5.74, 6) is -0.0809. The van der Waals surface area contributed by atoms with Crippen molar-refractivity contribution >= 4 is 5.91 Å². The molecule has 0 bridgehead atoms. The Balaban J connectivity index is 2.51. The number of hydrogen-bond acceptors (Lipinski definition) is 4. The summed E-state index contributed by atoms with van der Waals surface area (Å²) in [5, 5.41) is 19.1. The van der Waals surface area contributed by atoms with E-state index >= 15 is 0 Å². The summed E-state index contributed by atoms with van der Waals surface area (Å²) in [6.45, 7) is 1.74. The number of carbonyl (C=O) groups is 1. The van der Waals surface area contributed by atoms with Crippen molar-refractivity contribution in [3.05, 3.63) is 0 Å². The number of carbonyl (C=O) groups excluding carboxylic acids is 1. The van der Waals surface area contributed by atoms with E-state index in [9.17, 15) is 15.0 Å². The highest BCUT2D eigenvalue weighted by Crippen LogP contribution is 2.22. The Morgan fingerprint density at radius 2 is 2.00 bits per heavy atom. The van der Waals surface area contributed by atoms with Crippen molar-refractivity contribution in [3.63, 3.8) is 0 Å². The second-order valence-electron chi connectivity index (χ2n) is 4.24. The molecule has 2 unspecified atom stereocenters. The van der Waals surface area contributed by atoms with Gasteiger partial charge in [-0.05, 0) is 6.92 Å². The van der Waals surface area contributed by atoms with Gasteiger partial charge in [-0.15, -0.1) is 0 Å². The van der Waals surface area contributed by atoms with Crippen molar-refractivity contribution in [2.45, 2.75) is 44.2 Å². The number of aliphatic hydroxyl groups excluding tert-OH is 2.